The van der Waals surface area contributed by atoms with Crippen LogP contribution in [0.4, 0.5) is 0 Å². The molecule has 3 saturated heterocycles. The topological polar surface area (TPSA) is 307 Å². The summed E-state index contributed by atoms with van der Waals surface area (Å²) in [7, 11) is 0. The van der Waals surface area contributed by atoms with Crippen LogP contribution in [0.5, 0.6) is 0 Å². The first kappa shape index (κ1) is 96.7. The maximum atomic E-state index is 13.5. The van der Waals surface area contributed by atoms with E-state index in [4.69, 9.17) is 28.4 Å². The molecule has 0 saturated carbocycles. The summed E-state index contributed by atoms with van der Waals surface area (Å²) >= 11 is 0. The van der Waals surface area contributed by atoms with Gasteiger partial charge in [-0.2, -0.15) is 0 Å². The molecule has 0 radical (unpaired) electrons. The molecule has 19 heteroatoms. The number of allylic oxidation sites excluding steroid dienone is 1. The number of amides is 1. The van der Waals surface area contributed by atoms with Crippen LogP contribution in [0.2, 0.25) is 0 Å². The molecule has 1 amide bonds. The van der Waals surface area contributed by atoms with Crippen LogP contribution in [0.25, 0.3) is 0 Å². The van der Waals surface area contributed by atoms with Gasteiger partial charge in [-0.15, -0.1) is 0 Å². The van der Waals surface area contributed by atoms with Gasteiger partial charge < -0.3 is 89.9 Å². The molecule has 3 aliphatic rings. The van der Waals surface area contributed by atoms with E-state index in [1.807, 2.05) is 6.08 Å². The number of unbranched alkanes of at least 4 members (excludes halogenated alkanes) is 56. The second-order valence-corrected chi connectivity index (χ2v) is 31.7. The average molecular weight is 1490 g/mol. The van der Waals surface area contributed by atoms with Crippen LogP contribution in [-0.4, -0.2) is 193 Å². The Balaban J connectivity index is 1.30. The quantitative estimate of drug-likeness (QED) is 0.0199. The van der Waals surface area contributed by atoms with Crippen molar-refractivity contribution >= 4 is 5.91 Å². The zero-order valence-corrected chi connectivity index (χ0v) is 66.3. The van der Waals surface area contributed by atoms with Gasteiger partial charge in [0.05, 0.1) is 38.6 Å². The summed E-state index contributed by atoms with van der Waals surface area (Å²) in [6, 6.07) is -0.970. The van der Waals surface area contributed by atoms with Gasteiger partial charge >= 0.3 is 0 Å². The Morgan fingerprint density at radius 1 is 0.337 bits per heavy atom. The van der Waals surface area contributed by atoms with E-state index < -0.39 is 124 Å². The molecule has 17 atom stereocenters. The molecule has 0 bridgehead atoms. The third-order valence-electron chi connectivity index (χ3n) is 22.3. The van der Waals surface area contributed by atoms with Gasteiger partial charge in [0.2, 0.25) is 5.91 Å². The third-order valence-corrected chi connectivity index (χ3v) is 22.3. The van der Waals surface area contributed by atoms with Crippen molar-refractivity contribution < 1.29 is 89.4 Å². The van der Waals surface area contributed by atoms with E-state index in [9.17, 15) is 61.0 Å². The molecule has 3 fully saturated rings. The summed E-state index contributed by atoms with van der Waals surface area (Å²) in [4.78, 5) is 13.5. The van der Waals surface area contributed by atoms with E-state index in [2.05, 4.69) is 19.2 Å². The number of carbonyl (C=O) groups is 1. The number of aliphatic hydroxyl groups is 11. The standard InChI is InChI=1S/C85H163NO18/c1-3-5-7-9-11-13-15-17-19-21-23-25-26-27-28-29-30-31-32-33-34-35-36-37-38-39-40-41-43-45-47-49-51-53-55-57-59-61-63-73(91)86-68(69(90)62-60-58-56-54-52-50-48-46-44-42-24-22-20-18-16-14-12-10-8-6-4-2)67-99-83-79(97)76(94)81(71(65-88)101-83)104-85-80(98)77(95)82(72(66-89)102-85)103-84-78(96)75(93)74(92)70(64-87)100-84/h60,62,68-72,74-85,87-90,92-98H,3-59,61,63-67H2,1-2H3,(H,86,91)/b62-60+. The van der Waals surface area contributed by atoms with E-state index in [-0.39, 0.29) is 18.9 Å². The van der Waals surface area contributed by atoms with Crippen molar-refractivity contribution in [1.29, 1.82) is 0 Å². The van der Waals surface area contributed by atoms with E-state index in [1.165, 1.54) is 321 Å². The fourth-order valence-corrected chi connectivity index (χ4v) is 15.3. The van der Waals surface area contributed by atoms with Crippen molar-refractivity contribution in [2.75, 3.05) is 26.4 Å². The minimum Gasteiger partial charge on any atom is -0.394 e. The lowest BCUT2D eigenvalue weighted by Crippen LogP contribution is -2.66. The fraction of sp³-hybridized carbons (Fsp3) is 0.965. The number of ether oxygens (including phenoxy) is 6. The molecule has 0 spiro atoms. The van der Waals surface area contributed by atoms with Crippen LogP contribution >= 0.6 is 0 Å². The van der Waals surface area contributed by atoms with Crippen LogP contribution in [-0.2, 0) is 33.2 Å². The van der Waals surface area contributed by atoms with Crippen molar-refractivity contribution in [3.05, 3.63) is 12.2 Å². The Morgan fingerprint density at radius 3 is 0.904 bits per heavy atom. The number of nitrogens with one attached hydrogen (secondary N) is 1. The Bertz CT molecular complexity index is 1920. The van der Waals surface area contributed by atoms with Gasteiger partial charge in [-0.25, -0.2) is 0 Å². The zero-order valence-electron chi connectivity index (χ0n) is 66.3. The average Bonchev–Trinajstić information content (AvgIpc) is 0.777. The predicted molar refractivity (Wildman–Crippen MR) is 416 cm³/mol. The first-order valence-electron chi connectivity index (χ1n) is 43.9. The van der Waals surface area contributed by atoms with E-state index in [0.717, 1.165) is 44.9 Å². The molecule has 17 unspecified atom stereocenters. The maximum absolute atomic E-state index is 13.5. The molecule has 616 valence electrons. The lowest BCUT2D eigenvalue weighted by molar-refractivity contribution is -0.379. The van der Waals surface area contributed by atoms with E-state index in [0.29, 0.717) is 6.42 Å². The van der Waals surface area contributed by atoms with Gasteiger partial charge in [0.1, 0.15) is 73.2 Å². The number of hydrogen-bond acceptors (Lipinski definition) is 18. The molecule has 19 nitrogen and oxygen atoms in total. The predicted octanol–water partition coefficient (Wildman–Crippen LogP) is 15.9. The zero-order chi connectivity index (χ0) is 75.3. The number of aliphatic hydroxyl groups excluding tert-OH is 11. The second kappa shape index (κ2) is 66.2. The second-order valence-electron chi connectivity index (χ2n) is 31.7. The summed E-state index contributed by atoms with van der Waals surface area (Å²) in [5, 5.41) is 121. The Hall–Kier alpha value is -1.47. The molecular weight excluding hydrogens is 1320 g/mol. The lowest BCUT2D eigenvalue weighted by atomic mass is 9.96. The summed E-state index contributed by atoms with van der Waals surface area (Å²) in [6.45, 7) is 1.81. The smallest absolute Gasteiger partial charge is 0.220 e. The Labute approximate surface area is 633 Å². The fourth-order valence-electron chi connectivity index (χ4n) is 15.3. The SMILES string of the molecule is CCCCCCCCCCCCCCCCCCCCC/C=C/C(O)C(COC1OC(CO)C(OC2OC(CO)C(OC3OC(CO)C(O)C(O)C3O)C(O)C2O)C(O)C1O)NC(=O)CCCCCCCCCCCCCCCCCCCCCCCCCCCCCCCCCCCCCCCC. The number of rotatable bonds is 72. The third kappa shape index (κ3) is 45.1. The molecule has 12 N–H and O–H groups in total. The van der Waals surface area contributed by atoms with Gasteiger partial charge in [0.15, 0.2) is 18.9 Å². The highest BCUT2D eigenvalue weighted by Gasteiger charge is 2.54. The summed E-state index contributed by atoms with van der Waals surface area (Å²) in [5.41, 5.74) is 0. The highest BCUT2D eigenvalue weighted by Crippen LogP contribution is 2.34. The number of carbonyl (C=O) groups excluding carboxylic acids is 1. The van der Waals surface area contributed by atoms with Crippen molar-refractivity contribution in [2.45, 2.75) is 497 Å². The minimum absolute atomic E-state index is 0.250. The van der Waals surface area contributed by atoms with Gasteiger partial charge in [-0.1, -0.05) is 379 Å². The molecular formula is C85H163NO18. The monoisotopic (exact) mass is 1490 g/mol. The molecule has 0 aromatic carbocycles. The largest absolute Gasteiger partial charge is 0.394 e. The molecule has 0 aromatic rings. The first-order chi connectivity index (χ1) is 50.8. The van der Waals surface area contributed by atoms with E-state index in [1.54, 1.807) is 6.08 Å². The lowest BCUT2D eigenvalue weighted by Gasteiger charge is -2.48. The van der Waals surface area contributed by atoms with Crippen molar-refractivity contribution in [2.24, 2.45) is 0 Å². The van der Waals surface area contributed by atoms with Gasteiger partial charge in [0, 0.05) is 6.42 Å². The Morgan fingerprint density at radius 2 is 0.596 bits per heavy atom. The summed E-state index contributed by atoms with van der Waals surface area (Å²) < 4.78 is 34.5. The number of hydrogen-bond donors (Lipinski definition) is 12. The normalized spacial score (nSPS) is 25.9. The van der Waals surface area contributed by atoms with Crippen LogP contribution in [0.3, 0.4) is 0 Å². The van der Waals surface area contributed by atoms with Crippen LogP contribution < -0.4 is 5.32 Å². The van der Waals surface area contributed by atoms with Crippen LogP contribution in [0, 0.1) is 0 Å². The summed E-state index contributed by atoms with van der Waals surface area (Å²) in [5.74, 6) is -0.265. The summed E-state index contributed by atoms with van der Waals surface area (Å²) in [6.07, 6.45) is 53.8. The highest BCUT2D eigenvalue weighted by atomic mass is 16.8. The first-order valence-corrected chi connectivity index (χ1v) is 43.9. The Kier molecular flexibility index (Phi) is 61.5. The van der Waals surface area contributed by atoms with E-state index >= 15 is 0 Å². The van der Waals surface area contributed by atoms with Crippen molar-refractivity contribution in [3.63, 3.8) is 0 Å². The van der Waals surface area contributed by atoms with Crippen LogP contribution in [0.15, 0.2) is 12.2 Å². The molecule has 3 aliphatic heterocycles. The molecule has 0 aliphatic carbocycles. The van der Waals surface area contributed by atoms with Gasteiger partial charge in [-0.3, -0.25) is 4.79 Å². The molecule has 104 heavy (non-hydrogen) atoms. The van der Waals surface area contributed by atoms with Crippen molar-refractivity contribution in [3.8, 4) is 0 Å². The van der Waals surface area contributed by atoms with Gasteiger partial charge in [0.25, 0.3) is 0 Å². The van der Waals surface area contributed by atoms with Gasteiger partial charge in [-0.05, 0) is 19.3 Å². The van der Waals surface area contributed by atoms with Crippen LogP contribution in [0.1, 0.15) is 393 Å². The molecule has 3 rings (SSSR count). The minimum atomic E-state index is -1.98. The van der Waals surface area contributed by atoms with Crippen molar-refractivity contribution in [1.82, 2.24) is 5.32 Å². The highest BCUT2D eigenvalue weighted by molar-refractivity contribution is 5.76. The maximum Gasteiger partial charge on any atom is 0.220 e. The molecule has 0 aromatic heterocycles. The molecule has 3 heterocycles.